The van der Waals surface area contributed by atoms with Crippen LogP contribution in [0.3, 0.4) is 0 Å². The van der Waals surface area contributed by atoms with Crippen LogP contribution < -0.4 is 0 Å². The van der Waals surface area contributed by atoms with Crippen LogP contribution in [0.15, 0.2) is 11.6 Å². The Morgan fingerprint density at radius 3 is 2.43 bits per heavy atom. The first-order chi connectivity index (χ1) is 3.27. The first-order valence-corrected chi connectivity index (χ1v) is 2.55. The van der Waals surface area contributed by atoms with Gasteiger partial charge in [-0.25, -0.2) is 0 Å². The van der Waals surface area contributed by atoms with Gasteiger partial charge in [0.2, 0.25) is 0 Å². The van der Waals surface area contributed by atoms with E-state index in [-0.39, 0.29) is 0 Å². The third kappa shape index (κ3) is 5.74. The van der Waals surface area contributed by atoms with Crippen LogP contribution in [-0.4, -0.2) is 0 Å². The Labute approximate surface area is 46.2 Å². The molecule has 0 spiro atoms. The van der Waals surface area contributed by atoms with Crippen molar-refractivity contribution in [2.75, 3.05) is 0 Å². The Bertz CT molecular complexity index is 56.4. The molecular formula is C7H12. The van der Waals surface area contributed by atoms with E-state index in [1.165, 1.54) is 0 Å². The molecule has 40 valence electrons. The van der Waals surface area contributed by atoms with Crippen molar-refractivity contribution < 1.29 is 0 Å². The van der Waals surface area contributed by atoms with Gasteiger partial charge in [0.25, 0.3) is 0 Å². The normalized spacial score (nSPS) is 12.1. The van der Waals surface area contributed by atoms with Crippen molar-refractivity contribution in [1.82, 2.24) is 0 Å². The fraction of sp³-hybridized carbons (Fsp3) is 0.429. The smallest absolute Gasteiger partial charge is 0.0286 e. The molecule has 0 aliphatic rings. The second-order valence-electron chi connectivity index (χ2n) is 1.69. The van der Waals surface area contributed by atoms with E-state index in [1.807, 2.05) is 6.92 Å². The van der Waals surface area contributed by atoms with Gasteiger partial charge >= 0.3 is 0 Å². The Balaban J connectivity index is 3.08. The number of rotatable bonds is 2. The summed E-state index contributed by atoms with van der Waals surface area (Å²) in [6.07, 6.45) is 4.13. The fourth-order valence-electron chi connectivity index (χ4n) is 0.348. The zero-order chi connectivity index (χ0) is 5.70. The van der Waals surface area contributed by atoms with E-state index in [0.29, 0.717) is 0 Å². The molecular weight excluding hydrogens is 84.1 g/mol. The highest BCUT2D eigenvalue weighted by Crippen LogP contribution is 1.93. The minimum Gasteiger partial charge on any atom is -0.0856 e. The molecule has 0 amide bonds. The van der Waals surface area contributed by atoms with Gasteiger partial charge in [0.05, 0.1) is 0 Å². The van der Waals surface area contributed by atoms with Crippen LogP contribution in [-0.2, 0) is 0 Å². The number of hydrogen-bond donors (Lipinski definition) is 0. The first kappa shape index (κ1) is 6.74. The summed E-state index contributed by atoms with van der Waals surface area (Å²) in [5, 5.41) is 0. The average Bonchev–Trinajstić information content (AvgIpc) is 1.61. The van der Waals surface area contributed by atoms with E-state index in [2.05, 4.69) is 19.9 Å². The number of allylic oxidation sites excluding steroid dienone is 2. The number of hydrogen-bond acceptors (Lipinski definition) is 0. The predicted octanol–water partition coefficient (Wildman–Crippen LogP) is 2.38. The second-order valence-corrected chi connectivity index (χ2v) is 1.69. The summed E-state index contributed by atoms with van der Waals surface area (Å²) in [5.74, 6) is 0. The molecule has 0 saturated heterocycles. The van der Waals surface area contributed by atoms with Crippen molar-refractivity contribution in [1.29, 1.82) is 0 Å². The molecule has 0 aliphatic heterocycles. The van der Waals surface area contributed by atoms with Gasteiger partial charge in [-0.1, -0.05) is 18.6 Å². The van der Waals surface area contributed by atoms with E-state index in [0.717, 1.165) is 18.4 Å². The lowest BCUT2D eigenvalue weighted by Gasteiger charge is -1.84. The van der Waals surface area contributed by atoms with Crippen LogP contribution in [0.2, 0.25) is 0 Å². The Morgan fingerprint density at radius 1 is 1.71 bits per heavy atom. The highest BCUT2D eigenvalue weighted by atomic mass is 13.8. The molecule has 7 heavy (non-hydrogen) atoms. The van der Waals surface area contributed by atoms with Crippen LogP contribution in [0.5, 0.6) is 0 Å². The second kappa shape index (κ2) is 3.91. The SMILES string of the molecule is [CH2]CCC=C([CH2])C. The molecule has 0 heteroatoms. The van der Waals surface area contributed by atoms with E-state index in [4.69, 9.17) is 0 Å². The molecule has 0 atom stereocenters. The summed E-state index contributed by atoms with van der Waals surface area (Å²) in [4.78, 5) is 0. The van der Waals surface area contributed by atoms with Gasteiger partial charge in [-0.05, 0) is 26.7 Å². The van der Waals surface area contributed by atoms with Crippen LogP contribution >= 0.6 is 0 Å². The zero-order valence-corrected chi connectivity index (χ0v) is 4.91. The lowest BCUT2D eigenvalue weighted by Crippen LogP contribution is -1.64. The Hall–Kier alpha value is -0.260. The molecule has 0 fully saturated rings. The standard InChI is InChI=1S/C7H12/c1-4-5-6-7(2)3/h6H,1-2,4-5H2,3H3. The Morgan fingerprint density at radius 2 is 2.29 bits per heavy atom. The van der Waals surface area contributed by atoms with Gasteiger partial charge in [0.1, 0.15) is 0 Å². The van der Waals surface area contributed by atoms with Crippen LogP contribution in [0.1, 0.15) is 19.8 Å². The summed E-state index contributed by atoms with van der Waals surface area (Å²) in [6, 6.07) is 0. The van der Waals surface area contributed by atoms with Gasteiger partial charge in [-0.3, -0.25) is 0 Å². The van der Waals surface area contributed by atoms with Crippen molar-refractivity contribution in [2.45, 2.75) is 19.8 Å². The van der Waals surface area contributed by atoms with Gasteiger partial charge in [-0.2, -0.15) is 0 Å². The summed E-state index contributed by atoms with van der Waals surface area (Å²) in [7, 11) is 0. The molecule has 0 aromatic heterocycles. The quantitative estimate of drug-likeness (QED) is 0.495. The lowest BCUT2D eigenvalue weighted by atomic mass is 10.2. The highest BCUT2D eigenvalue weighted by Gasteiger charge is 1.73. The average molecular weight is 96.2 g/mol. The van der Waals surface area contributed by atoms with Crippen LogP contribution in [0, 0.1) is 13.8 Å². The maximum atomic E-state index is 3.71. The molecule has 0 N–H and O–H groups in total. The third-order valence-electron chi connectivity index (χ3n) is 0.697. The molecule has 2 radical (unpaired) electrons. The summed E-state index contributed by atoms with van der Waals surface area (Å²) in [6.45, 7) is 9.39. The molecule has 0 aromatic carbocycles. The van der Waals surface area contributed by atoms with E-state index >= 15 is 0 Å². The molecule has 0 saturated carbocycles. The fourth-order valence-corrected chi connectivity index (χ4v) is 0.348. The van der Waals surface area contributed by atoms with E-state index in [9.17, 15) is 0 Å². The van der Waals surface area contributed by atoms with E-state index < -0.39 is 0 Å². The Kier molecular flexibility index (Phi) is 3.77. The van der Waals surface area contributed by atoms with Crippen molar-refractivity contribution >= 4 is 0 Å². The molecule has 0 aromatic rings. The van der Waals surface area contributed by atoms with Crippen LogP contribution in [0.25, 0.3) is 0 Å². The summed E-state index contributed by atoms with van der Waals surface area (Å²) in [5.41, 5.74) is 1.14. The summed E-state index contributed by atoms with van der Waals surface area (Å²) < 4.78 is 0. The maximum absolute atomic E-state index is 3.71. The van der Waals surface area contributed by atoms with Crippen molar-refractivity contribution in [3.05, 3.63) is 25.5 Å². The van der Waals surface area contributed by atoms with Crippen molar-refractivity contribution in [3.63, 3.8) is 0 Å². The number of unbranched alkanes of at least 4 members (excludes halogenated alkanes) is 1. The third-order valence-corrected chi connectivity index (χ3v) is 0.697. The van der Waals surface area contributed by atoms with Crippen molar-refractivity contribution in [3.8, 4) is 0 Å². The molecule has 0 bridgehead atoms. The molecule has 0 rings (SSSR count). The van der Waals surface area contributed by atoms with E-state index in [1.54, 1.807) is 0 Å². The summed E-state index contributed by atoms with van der Waals surface area (Å²) >= 11 is 0. The highest BCUT2D eigenvalue weighted by molar-refractivity contribution is 5.00. The van der Waals surface area contributed by atoms with Gasteiger partial charge < -0.3 is 0 Å². The largest absolute Gasteiger partial charge is 0.0856 e. The molecule has 0 unspecified atom stereocenters. The maximum Gasteiger partial charge on any atom is -0.0286 e. The first-order valence-electron chi connectivity index (χ1n) is 2.55. The minimum atomic E-state index is 0.979. The van der Waals surface area contributed by atoms with Crippen molar-refractivity contribution in [2.24, 2.45) is 0 Å². The van der Waals surface area contributed by atoms with Crippen LogP contribution in [0.4, 0.5) is 0 Å². The molecule has 0 heterocycles. The lowest BCUT2D eigenvalue weighted by molar-refractivity contribution is 1.04. The van der Waals surface area contributed by atoms with Gasteiger partial charge in [0, 0.05) is 0 Å². The molecule has 0 aliphatic carbocycles. The van der Waals surface area contributed by atoms with Gasteiger partial charge in [0.15, 0.2) is 0 Å². The minimum absolute atomic E-state index is 0.979. The molecule has 0 nitrogen and oxygen atoms in total. The predicted molar refractivity (Wildman–Crippen MR) is 33.7 cm³/mol. The zero-order valence-electron chi connectivity index (χ0n) is 4.91. The topological polar surface area (TPSA) is 0 Å². The van der Waals surface area contributed by atoms with Gasteiger partial charge in [-0.15, -0.1) is 0 Å². The monoisotopic (exact) mass is 96.1 g/mol.